The van der Waals surface area contributed by atoms with Gasteiger partial charge in [-0.2, -0.15) is 0 Å². The Morgan fingerprint density at radius 1 is 0.958 bits per heavy atom. The summed E-state index contributed by atoms with van der Waals surface area (Å²) in [6, 6.07) is 10.4. The Bertz CT molecular complexity index is 637. The summed E-state index contributed by atoms with van der Waals surface area (Å²) in [6.45, 7) is 7.90. The number of unbranched alkanes of at least 4 members (excludes halogenated alkanes) is 3. The molecule has 2 rings (SSSR count). The van der Waals surface area contributed by atoms with Crippen LogP contribution in [0.4, 0.5) is 0 Å². The van der Waals surface area contributed by atoms with Crippen molar-refractivity contribution in [3.8, 4) is 11.5 Å². The summed E-state index contributed by atoms with van der Waals surface area (Å²) in [5.74, 6) is 3.20. The number of ether oxygens (including phenoxy) is 2. The Morgan fingerprint density at radius 3 is 2.38 bits per heavy atom. The second-order valence-electron chi connectivity index (χ2n) is 6.72. The van der Waals surface area contributed by atoms with Crippen LogP contribution in [-0.4, -0.2) is 19.1 Å². The maximum absolute atomic E-state index is 6.07. The Balaban J connectivity index is 2.12. The van der Waals surface area contributed by atoms with E-state index in [1.165, 1.54) is 12.8 Å². The lowest BCUT2D eigenvalue weighted by atomic mass is 10.0. The molecule has 132 valence electrons. The number of benzene rings is 2. The van der Waals surface area contributed by atoms with E-state index in [1.54, 1.807) is 0 Å². The predicted octanol–water partition coefficient (Wildman–Crippen LogP) is 6.36. The van der Waals surface area contributed by atoms with Gasteiger partial charge in [-0.15, -0.1) is 11.6 Å². The summed E-state index contributed by atoms with van der Waals surface area (Å²) in [6.07, 6.45) is 4.50. The highest BCUT2D eigenvalue weighted by Crippen LogP contribution is 2.36. The van der Waals surface area contributed by atoms with Gasteiger partial charge in [0.1, 0.15) is 11.5 Å². The molecule has 0 aliphatic rings. The molecule has 0 spiro atoms. The quantitative estimate of drug-likeness (QED) is 0.367. The number of alkyl halides is 1. The van der Waals surface area contributed by atoms with Gasteiger partial charge < -0.3 is 9.47 Å². The molecular formula is C21H29ClO2. The van der Waals surface area contributed by atoms with Crippen LogP contribution in [0.15, 0.2) is 30.3 Å². The fourth-order valence-electron chi connectivity index (χ4n) is 2.74. The summed E-state index contributed by atoms with van der Waals surface area (Å²) in [5.41, 5.74) is 1.13. The van der Waals surface area contributed by atoms with E-state index in [4.69, 9.17) is 21.1 Å². The zero-order valence-electron chi connectivity index (χ0n) is 15.1. The maximum atomic E-state index is 6.07. The van der Waals surface area contributed by atoms with Crippen LogP contribution in [-0.2, 0) is 0 Å². The van der Waals surface area contributed by atoms with Crippen molar-refractivity contribution in [2.24, 2.45) is 5.92 Å². The van der Waals surface area contributed by atoms with Crippen LogP contribution in [0.1, 0.15) is 45.1 Å². The fourth-order valence-corrected chi connectivity index (χ4v) is 2.93. The average molecular weight is 349 g/mol. The van der Waals surface area contributed by atoms with Crippen molar-refractivity contribution in [2.45, 2.75) is 46.5 Å². The molecule has 0 amide bonds. The molecule has 3 heteroatoms. The molecule has 0 fully saturated rings. The lowest BCUT2D eigenvalue weighted by molar-refractivity contribution is 0.271. The van der Waals surface area contributed by atoms with Gasteiger partial charge in [0.25, 0.3) is 0 Å². The standard InChI is InChI=1S/C21H29ClO2/c1-16(2)15-24-21-17(3)14-20(18-10-6-7-11-19(18)21)23-13-9-5-4-8-12-22/h6-7,10-11,14,16H,4-5,8-9,12-13,15H2,1-3H3. The third-order valence-corrected chi connectivity index (χ3v) is 4.26. The molecule has 0 aromatic heterocycles. The largest absolute Gasteiger partial charge is 0.493 e. The van der Waals surface area contributed by atoms with Crippen LogP contribution in [0.5, 0.6) is 11.5 Å². The van der Waals surface area contributed by atoms with Gasteiger partial charge in [0.15, 0.2) is 0 Å². The van der Waals surface area contributed by atoms with Crippen molar-refractivity contribution in [3.63, 3.8) is 0 Å². The lowest BCUT2D eigenvalue weighted by Crippen LogP contribution is -2.06. The highest BCUT2D eigenvalue weighted by Gasteiger charge is 2.12. The monoisotopic (exact) mass is 348 g/mol. The van der Waals surface area contributed by atoms with E-state index in [9.17, 15) is 0 Å². The molecule has 0 unspecified atom stereocenters. The number of rotatable bonds is 10. The molecule has 0 atom stereocenters. The van der Waals surface area contributed by atoms with Gasteiger partial charge in [-0.25, -0.2) is 0 Å². The molecular weight excluding hydrogens is 320 g/mol. The van der Waals surface area contributed by atoms with Crippen molar-refractivity contribution >= 4 is 22.4 Å². The number of halogens is 1. The first-order valence-corrected chi connectivity index (χ1v) is 9.51. The van der Waals surface area contributed by atoms with Gasteiger partial charge in [0.2, 0.25) is 0 Å². The Labute approximate surface area is 151 Å². The van der Waals surface area contributed by atoms with Gasteiger partial charge in [-0.3, -0.25) is 0 Å². The van der Waals surface area contributed by atoms with E-state index in [0.29, 0.717) is 5.92 Å². The summed E-state index contributed by atoms with van der Waals surface area (Å²) in [7, 11) is 0. The minimum Gasteiger partial charge on any atom is -0.493 e. The Morgan fingerprint density at radius 2 is 1.67 bits per heavy atom. The number of fused-ring (bicyclic) bond motifs is 1. The molecule has 0 aliphatic heterocycles. The second-order valence-corrected chi connectivity index (χ2v) is 7.10. The molecule has 2 aromatic carbocycles. The predicted molar refractivity (Wildman–Crippen MR) is 104 cm³/mol. The van der Waals surface area contributed by atoms with Crippen molar-refractivity contribution in [3.05, 3.63) is 35.9 Å². The molecule has 2 aromatic rings. The van der Waals surface area contributed by atoms with Crippen LogP contribution in [0.25, 0.3) is 10.8 Å². The fraction of sp³-hybridized carbons (Fsp3) is 0.524. The van der Waals surface area contributed by atoms with Gasteiger partial charge in [-0.05, 0) is 37.3 Å². The van der Waals surface area contributed by atoms with Gasteiger partial charge in [0.05, 0.1) is 13.2 Å². The van der Waals surface area contributed by atoms with E-state index >= 15 is 0 Å². The summed E-state index contributed by atoms with van der Waals surface area (Å²) < 4.78 is 12.1. The van der Waals surface area contributed by atoms with Gasteiger partial charge in [0, 0.05) is 16.7 Å². The Hall–Kier alpha value is -1.41. The smallest absolute Gasteiger partial charge is 0.130 e. The molecule has 0 saturated carbocycles. The summed E-state index contributed by atoms with van der Waals surface area (Å²) >= 11 is 5.71. The zero-order valence-corrected chi connectivity index (χ0v) is 15.9. The number of hydrogen-bond acceptors (Lipinski definition) is 2. The minimum absolute atomic E-state index is 0.507. The van der Waals surface area contributed by atoms with Crippen molar-refractivity contribution in [1.29, 1.82) is 0 Å². The van der Waals surface area contributed by atoms with E-state index < -0.39 is 0 Å². The lowest BCUT2D eigenvalue weighted by Gasteiger charge is -2.17. The van der Waals surface area contributed by atoms with E-state index in [1.807, 2.05) is 0 Å². The van der Waals surface area contributed by atoms with Crippen LogP contribution in [0.3, 0.4) is 0 Å². The highest BCUT2D eigenvalue weighted by molar-refractivity contribution is 6.17. The van der Waals surface area contributed by atoms with Crippen LogP contribution in [0.2, 0.25) is 0 Å². The molecule has 2 nitrogen and oxygen atoms in total. The van der Waals surface area contributed by atoms with Crippen molar-refractivity contribution < 1.29 is 9.47 Å². The molecule has 0 aliphatic carbocycles. The first kappa shape index (κ1) is 18.9. The van der Waals surface area contributed by atoms with Crippen molar-refractivity contribution in [2.75, 3.05) is 19.1 Å². The molecule has 0 radical (unpaired) electrons. The second kappa shape index (κ2) is 9.78. The van der Waals surface area contributed by atoms with E-state index in [0.717, 1.165) is 59.8 Å². The minimum atomic E-state index is 0.507. The maximum Gasteiger partial charge on any atom is 0.130 e. The van der Waals surface area contributed by atoms with Crippen LogP contribution in [0, 0.1) is 12.8 Å². The molecule has 0 N–H and O–H groups in total. The van der Waals surface area contributed by atoms with E-state index in [-0.39, 0.29) is 0 Å². The average Bonchev–Trinajstić information content (AvgIpc) is 2.57. The summed E-state index contributed by atoms with van der Waals surface area (Å²) in [4.78, 5) is 0. The first-order valence-electron chi connectivity index (χ1n) is 8.97. The van der Waals surface area contributed by atoms with E-state index in [2.05, 4.69) is 51.1 Å². The highest BCUT2D eigenvalue weighted by atomic mass is 35.5. The van der Waals surface area contributed by atoms with Gasteiger partial charge in [-0.1, -0.05) is 51.0 Å². The SMILES string of the molecule is Cc1cc(OCCCCCCCl)c2ccccc2c1OCC(C)C. The normalized spacial score (nSPS) is 11.2. The summed E-state index contributed by atoms with van der Waals surface area (Å²) in [5, 5.41) is 2.26. The third kappa shape index (κ3) is 5.31. The van der Waals surface area contributed by atoms with Gasteiger partial charge >= 0.3 is 0 Å². The molecule has 0 bridgehead atoms. The molecule has 0 saturated heterocycles. The zero-order chi connectivity index (χ0) is 17.4. The molecule has 24 heavy (non-hydrogen) atoms. The van der Waals surface area contributed by atoms with Crippen LogP contribution < -0.4 is 9.47 Å². The topological polar surface area (TPSA) is 18.5 Å². The first-order chi connectivity index (χ1) is 11.6. The van der Waals surface area contributed by atoms with Crippen molar-refractivity contribution in [1.82, 2.24) is 0 Å². The molecule has 0 heterocycles. The number of aryl methyl sites for hydroxylation is 1. The third-order valence-electron chi connectivity index (χ3n) is 3.99. The van der Waals surface area contributed by atoms with Crippen LogP contribution >= 0.6 is 11.6 Å². The number of hydrogen-bond donors (Lipinski definition) is 0. The Kier molecular flexibility index (Phi) is 7.71.